The van der Waals surface area contributed by atoms with E-state index in [0.717, 1.165) is 17.5 Å². The maximum Gasteiger partial charge on any atom is 0.408 e. The third kappa shape index (κ3) is 3.74. The number of hydrogen-bond donors (Lipinski definition) is 2. The van der Waals surface area contributed by atoms with Gasteiger partial charge in [0.1, 0.15) is 11.6 Å². The molecule has 5 nitrogen and oxygen atoms in total. The maximum atomic E-state index is 11.8. The number of ether oxygens (including phenoxy) is 1. The summed E-state index contributed by atoms with van der Waals surface area (Å²) in [5.41, 5.74) is 1.50. The molecule has 2 N–H and O–H groups in total. The molecular formula is C16H21NO4. The molecule has 1 aromatic rings. The molecule has 0 spiro atoms. The van der Waals surface area contributed by atoms with Crippen molar-refractivity contribution < 1.29 is 19.4 Å². The first kappa shape index (κ1) is 15.4. The van der Waals surface area contributed by atoms with E-state index in [0.29, 0.717) is 6.42 Å². The number of benzene rings is 1. The fraction of sp³-hybridized carbons (Fsp3) is 0.500. The van der Waals surface area contributed by atoms with Crippen molar-refractivity contribution in [3.05, 3.63) is 35.4 Å². The zero-order valence-corrected chi connectivity index (χ0v) is 12.6. The van der Waals surface area contributed by atoms with Crippen molar-refractivity contribution in [2.24, 2.45) is 0 Å². The molecule has 1 aromatic carbocycles. The molecule has 0 unspecified atom stereocenters. The number of carbonyl (C=O) groups excluding carboxylic acids is 1. The van der Waals surface area contributed by atoms with Crippen LogP contribution in [0.4, 0.5) is 4.79 Å². The zero-order chi connectivity index (χ0) is 15.6. The van der Waals surface area contributed by atoms with Crippen molar-refractivity contribution in [1.82, 2.24) is 5.32 Å². The molecule has 0 saturated carbocycles. The fourth-order valence-electron chi connectivity index (χ4n) is 2.71. The molecule has 0 aromatic heterocycles. The number of nitrogens with one attached hydrogen (secondary N) is 1. The van der Waals surface area contributed by atoms with Gasteiger partial charge in [-0.15, -0.1) is 0 Å². The molecule has 1 amide bonds. The van der Waals surface area contributed by atoms with Gasteiger partial charge < -0.3 is 15.2 Å². The van der Waals surface area contributed by atoms with Crippen LogP contribution in [0.3, 0.4) is 0 Å². The number of fused-ring (bicyclic) bond motifs is 1. The molecule has 0 heterocycles. The number of alkyl carbamates (subject to hydrolysis) is 1. The number of rotatable bonds is 3. The van der Waals surface area contributed by atoms with Gasteiger partial charge in [0.15, 0.2) is 0 Å². The molecule has 114 valence electrons. The van der Waals surface area contributed by atoms with Gasteiger partial charge in [0, 0.05) is 5.92 Å². The lowest BCUT2D eigenvalue weighted by atomic mass is 9.93. The monoisotopic (exact) mass is 291 g/mol. The van der Waals surface area contributed by atoms with Gasteiger partial charge >= 0.3 is 12.1 Å². The van der Waals surface area contributed by atoms with Crippen molar-refractivity contribution in [3.8, 4) is 0 Å². The Labute approximate surface area is 124 Å². The lowest BCUT2D eigenvalue weighted by Gasteiger charge is -2.25. The molecule has 21 heavy (non-hydrogen) atoms. The quantitative estimate of drug-likeness (QED) is 0.897. The van der Waals surface area contributed by atoms with Gasteiger partial charge in [-0.05, 0) is 44.7 Å². The molecule has 0 bridgehead atoms. The minimum absolute atomic E-state index is 0.216. The van der Waals surface area contributed by atoms with E-state index in [4.69, 9.17) is 4.74 Å². The Morgan fingerprint density at radius 3 is 2.62 bits per heavy atom. The van der Waals surface area contributed by atoms with Crippen LogP contribution in [0.25, 0.3) is 0 Å². The van der Waals surface area contributed by atoms with Crippen LogP contribution in [0.15, 0.2) is 24.3 Å². The second-order valence-corrected chi connectivity index (χ2v) is 6.31. The summed E-state index contributed by atoms with van der Waals surface area (Å²) in [6, 6.07) is 6.80. The van der Waals surface area contributed by atoms with E-state index in [1.807, 2.05) is 24.3 Å². The smallest absolute Gasteiger partial charge is 0.408 e. The van der Waals surface area contributed by atoms with E-state index in [1.165, 1.54) is 0 Å². The molecule has 0 fully saturated rings. The Kier molecular flexibility index (Phi) is 4.21. The standard InChI is InChI=1S/C16H21NO4/c1-16(2,3)21-15(20)17-13(14(18)19)12-9-8-10-6-4-5-7-11(10)12/h4-7,12-13H,8-9H2,1-3H3,(H,17,20)(H,18,19)/t12-,13-/m1/s1. The molecule has 2 atom stereocenters. The van der Waals surface area contributed by atoms with Crippen molar-refractivity contribution in [3.63, 3.8) is 0 Å². The van der Waals surface area contributed by atoms with Crippen LogP contribution in [0.1, 0.15) is 44.2 Å². The van der Waals surface area contributed by atoms with Gasteiger partial charge in [-0.25, -0.2) is 9.59 Å². The second-order valence-electron chi connectivity index (χ2n) is 6.31. The summed E-state index contributed by atoms with van der Waals surface area (Å²) >= 11 is 0. The normalized spacial score (nSPS) is 18.7. The summed E-state index contributed by atoms with van der Waals surface area (Å²) in [6.07, 6.45) is 0.853. The molecule has 5 heteroatoms. The van der Waals surface area contributed by atoms with E-state index in [-0.39, 0.29) is 5.92 Å². The summed E-state index contributed by atoms with van der Waals surface area (Å²) in [5, 5.41) is 11.9. The summed E-state index contributed by atoms with van der Waals surface area (Å²) in [4.78, 5) is 23.4. The van der Waals surface area contributed by atoms with Crippen molar-refractivity contribution >= 4 is 12.1 Å². The third-order valence-electron chi connectivity index (χ3n) is 3.52. The first-order valence-electron chi connectivity index (χ1n) is 7.08. The van der Waals surface area contributed by atoms with E-state index in [1.54, 1.807) is 20.8 Å². The Morgan fingerprint density at radius 1 is 1.33 bits per heavy atom. The maximum absolute atomic E-state index is 11.8. The second kappa shape index (κ2) is 5.76. The highest BCUT2D eigenvalue weighted by Crippen LogP contribution is 2.35. The molecule has 0 aliphatic heterocycles. The van der Waals surface area contributed by atoms with Crippen molar-refractivity contribution in [1.29, 1.82) is 0 Å². The highest BCUT2D eigenvalue weighted by atomic mass is 16.6. The van der Waals surface area contributed by atoms with Crippen LogP contribution in [0, 0.1) is 0 Å². The summed E-state index contributed by atoms with van der Waals surface area (Å²) in [5.74, 6) is -1.26. The lowest BCUT2D eigenvalue weighted by Crippen LogP contribution is -2.46. The first-order valence-corrected chi connectivity index (χ1v) is 7.08. The Morgan fingerprint density at radius 2 is 2.00 bits per heavy atom. The van der Waals surface area contributed by atoms with Gasteiger partial charge in [-0.2, -0.15) is 0 Å². The minimum Gasteiger partial charge on any atom is -0.480 e. The van der Waals surface area contributed by atoms with E-state index >= 15 is 0 Å². The Hall–Kier alpha value is -2.04. The number of carboxylic acids is 1. The van der Waals surface area contributed by atoms with Gasteiger partial charge in [-0.3, -0.25) is 0 Å². The molecule has 2 rings (SSSR count). The van der Waals surface area contributed by atoms with Crippen molar-refractivity contribution in [2.45, 2.75) is 51.2 Å². The number of carboxylic acid groups (broad SMARTS) is 1. The summed E-state index contributed by atoms with van der Waals surface area (Å²) in [6.45, 7) is 5.23. The van der Waals surface area contributed by atoms with Crippen LogP contribution in [0.2, 0.25) is 0 Å². The van der Waals surface area contributed by atoms with Crippen LogP contribution in [0.5, 0.6) is 0 Å². The Bertz CT molecular complexity index is 547. The van der Waals surface area contributed by atoms with Gasteiger partial charge in [0.25, 0.3) is 0 Å². The van der Waals surface area contributed by atoms with Crippen LogP contribution < -0.4 is 5.32 Å². The van der Waals surface area contributed by atoms with E-state index in [9.17, 15) is 14.7 Å². The van der Waals surface area contributed by atoms with Crippen LogP contribution >= 0.6 is 0 Å². The van der Waals surface area contributed by atoms with Gasteiger partial charge in [0.05, 0.1) is 0 Å². The Balaban J connectivity index is 2.14. The van der Waals surface area contributed by atoms with E-state index < -0.39 is 23.7 Å². The first-order chi connectivity index (χ1) is 9.78. The highest BCUT2D eigenvalue weighted by Gasteiger charge is 2.36. The molecule has 0 saturated heterocycles. The topological polar surface area (TPSA) is 75.6 Å². The summed E-state index contributed by atoms with van der Waals surface area (Å²) < 4.78 is 5.15. The average Bonchev–Trinajstić information content (AvgIpc) is 2.77. The molecule has 1 aliphatic carbocycles. The zero-order valence-electron chi connectivity index (χ0n) is 12.6. The molecule has 0 radical (unpaired) electrons. The number of hydrogen-bond acceptors (Lipinski definition) is 3. The summed E-state index contributed by atoms with van der Waals surface area (Å²) in [7, 11) is 0. The third-order valence-corrected chi connectivity index (χ3v) is 3.52. The highest BCUT2D eigenvalue weighted by molar-refractivity contribution is 5.81. The predicted molar refractivity (Wildman–Crippen MR) is 78.3 cm³/mol. The average molecular weight is 291 g/mol. The minimum atomic E-state index is -1.04. The molecule has 1 aliphatic rings. The van der Waals surface area contributed by atoms with Gasteiger partial charge in [0.2, 0.25) is 0 Å². The largest absolute Gasteiger partial charge is 0.480 e. The van der Waals surface area contributed by atoms with Crippen LogP contribution in [-0.2, 0) is 16.0 Å². The SMILES string of the molecule is CC(C)(C)OC(=O)N[C@@H](C(=O)O)[C@@H]1CCc2ccccc21. The van der Waals surface area contributed by atoms with Gasteiger partial charge in [-0.1, -0.05) is 24.3 Å². The number of carbonyl (C=O) groups is 2. The lowest BCUT2D eigenvalue weighted by molar-refractivity contribution is -0.140. The number of amides is 1. The van der Waals surface area contributed by atoms with E-state index in [2.05, 4.69) is 5.32 Å². The van der Waals surface area contributed by atoms with Crippen molar-refractivity contribution in [2.75, 3.05) is 0 Å². The number of aliphatic carboxylic acids is 1. The fourth-order valence-corrected chi connectivity index (χ4v) is 2.71. The van der Waals surface area contributed by atoms with Crippen LogP contribution in [-0.4, -0.2) is 28.8 Å². The number of aryl methyl sites for hydroxylation is 1. The molecular weight excluding hydrogens is 270 g/mol. The predicted octanol–water partition coefficient (Wildman–Crippen LogP) is 2.69.